The van der Waals surface area contributed by atoms with Crippen molar-refractivity contribution >= 4 is 23.0 Å². The van der Waals surface area contributed by atoms with Gasteiger partial charge in [0.1, 0.15) is 6.61 Å². The molecule has 19 heavy (non-hydrogen) atoms. The van der Waals surface area contributed by atoms with Gasteiger partial charge >= 0.3 is 5.97 Å². The largest absolute Gasteiger partial charge is 0.454 e. The second kappa shape index (κ2) is 5.40. The fourth-order valence-electron chi connectivity index (χ4n) is 1.78. The normalized spacial score (nSPS) is 10.7. The fourth-order valence-corrected chi connectivity index (χ4v) is 2.38. The van der Waals surface area contributed by atoms with Gasteiger partial charge in [-0.25, -0.2) is 9.78 Å². The molecular weight excluding hydrogens is 264 g/mol. The van der Waals surface area contributed by atoms with Gasteiger partial charge in [-0.05, 0) is 13.3 Å². The van der Waals surface area contributed by atoms with E-state index in [1.165, 1.54) is 16.0 Å². The summed E-state index contributed by atoms with van der Waals surface area (Å²) in [6.45, 7) is 3.99. The topological polar surface area (TPSA) is 83.0 Å². The average molecular weight is 280 g/mol. The summed E-state index contributed by atoms with van der Waals surface area (Å²) in [5.41, 5.74) is 8.03. The number of ether oxygens (including phenoxy) is 1. The van der Waals surface area contributed by atoms with Crippen LogP contribution in [0.5, 0.6) is 0 Å². The Bertz CT molecular complexity index is 603. The van der Waals surface area contributed by atoms with Crippen LogP contribution in [-0.2, 0) is 24.8 Å². The molecule has 0 unspecified atom stereocenters. The molecule has 0 spiro atoms. The summed E-state index contributed by atoms with van der Waals surface area (Å²) in [5.74, 6) is -0.474. The Morgan fingerprint density at radius 2 is 2.32 bits per heavy atom. The Morgan fingerprint density at radius 1 is 1.58 bits per heavy atom. The molecule has 0 bridgehead atoms. The summed E-state index contributed by atoms with van der Waals surface area (Å²) in [7, 11) is 1.68. The van der Waals surface area contributed by atoms with E-state index >= 15 is 0 Å². The first kappa shape index (κ1) is 13.5. The molecule has 2 aromatic rings. The second-order valence-electron chi connectivity index (χ2n) is 4.12. The van der Waals surface area contributed by atoms with Crippen molar-refractivity contribution in [1.82, 2.24) is 14.8 Å². The molecule has 7 heteroatoms. The first-order valence-electron chi connectivity index (χ1n) is 5.92. The van der Waals surface area contributed by atoms with Gasteiger partial charge in [-0.2, -0.15) is 5.10 Å². The van der Waals surface area contributed by atoms with Gasteiger partial charge in [0, 0.05) is 12.4 Å². The first-order valence-corrected chi connectivity index (χ1v) is 6.80. The van der Waals surface area contributed by atoms with Crippen LogP contribution in [0, 0.1) is 6.92 Å². The molecule has 0 atom stereocenters. The van der Waals surface area contributed by atoms with Gasteiger partial charge < -0.3 is 10.5 Å². The predicted molar refractivity (Wildman–Crippen MR) is 73.0 cm³/mol. The molecule has 0 aliphatic rings. The number of nitrogens with zero attached hydrogens (tertiary/aromatic N) is 3. The van der Waals surface area contributed by atoms with E-state index in [4.69, 9.17) is 10.5 Å². The molecule has 2 rings (SSSR count). The highest BCUT2D eigenvalue weighted by atomic mass is 32.1. The van der Waals surface area contributed by atoms with E-state index in [0.29, 0.717) is 23.5 Å². The van der Waals surface area contributed by atoms with E-state index in [0.717, 1.165) is 10.7 Å². The number of rotatable bonds is 4. The number of nitrogen functional groups attached to an aromatic ring is 1. The number of hydrogen-bond acceptors (Lipinski definition) is 6. The minimum Gasteiger partial charge on any atom is -0.454 e. The Balaban J connectivity index is 2.10. The predicted octanol–water partition coefficient (Wildman–Crippen LogP) is 1.69. The number of nitrogens with two attached hydrogens (primary N) is 1. The lowest BCUT2D eigenvalue weighted by molar-refractivity contribution is 0.0456. The molecule has 0 aliphatic heterocycles. The molecule has 0 aliphatic carbocycles. The number of aryl methyl sites for hydroxylation is 3. The highest BCUT2D eigenvalue weighted by Gasteiger charge is 2.20. The quantitative estimate of drug-likeness (QED) is 0.862. The van der Waals surface area contributed by atoms with Crippen molar-refractivity contribution in [2.45, 2.75) is 26.9 Å². The summed E-state index contributed by atoms with van der Waals surface area (Å²) >= 11 is 1.52. The van der Waals surface area contributed by atoms with Gasteiger partial charge in [0.15, 0.2) is 5.69 Å². The summed E-state index contributed by atoms with van der Waals surface area (Å²) < 4.78 is 6.67. The second-order valence-corrected chi connectivity index (χ2v) is 5.18. The summed E-state index contributed by atoms with van der Waals surface area (Å²) in [6.07, 6.45) is 0.679. The van der Waals surface area contributed by atoms with Crippen LogP contribution in [0.25, 0.3) is 0 Å². The van der Waals surface area contributed by atoms with Gasteiger partial charge in [0.25, 0.3) is 0 Å². The monoisotopic (exact) mass is 280 g/mol. The van der Waals surface area contributed by atoms with Crippen LogP contribution in [0.3, 0.4) is 0 Å². The summed E-state index contributed by atoms with van der Waals surface area (Å²) in [5, 5.41) is 7.00. The van der Waals surface area contributed by atoms with Crippen molar-refractivity contribution in [1.29, 1.82) is 0 Å². The lowest BCUT2D eigenvalue weighted by Crippen LogP contribution is -2.12. The molecule has 2 aromatic heterocycles. The van der Waals surface area contributed by atoms with E-state index in [9.17, 15) is 4.79 Å². The molecule has 2 heterocycles. The average Bonchev–Trinajstić information content (AvgIpc) is 2.90. The van der Waals surface area contributed by atoms with E-state index in [-0.39, 0.29) is 6.61 Å². The Hall–Kier alpha value is -1.89. The Labute approximate surface area is 115 Å². The zero-order valence-electron chi connectivity index (χ0n) is 11.1. The van der Waals surface area contributed by atoms with Crippen LogP contribution in [0.1, 0.15) is 33.8 Å². The number of anilines is 1. The number of thiazole rings is 1. The van der Waals surface area contributed by atoms with E-state index in [1.54, 1.807) is 7.05 Å². The van der Waals surface area contributed by atoms with Crippen molar-refractivity contribution in [2.75, 3.05) is 5.73 Å². The third kappa shape index (κ3) is 2.76. The van der Waals surface area contributed by atoms with E-state index in [2.05, 4.69) is 10.1 Å². The smallest absolute Gasteiger partial charge is 0.359 e. The standard InChI is InChI=1S/C12H16N4O2S/c1-4-9-10(13)11(16(3)15-9)12(17)18-5-8-6-19-7(2)14-8/h6H,4-5,13H2,1-3H3. The van der Waals surface area contributed by atoms with Crippen LogP contribution < -0.4 is 5.73 Å². The minimum absolute atomic E-state index is 0.148. The molecule has 0 saturated carbocycles. The van der Waals surface area contributed by atoms with Crippen molar-refractivity contribution in [3.05, 3.63) is 27.5 Å². The van der Waals surface area contributed by atoms with E-state index < -0.39 is 5.97 Å². The maximum Gasteiger partial charge on any atom is 0.359 e. The fraction of sp³-hybridized carbons (Fsp3) is 0.417. The first-order chi connectivity index (χ1) is 9.02. The van der Waals surface area contributed by atoms with Crippen LogP contribution >= 0.6 is 11.3 Å². The van der Waals surface area contributed by atoms with Gasteiger partial charge in [-0.3, -0.25) is 4.68 Å². The molecule has 0 amide bonds. The third-order valence-electron chi connectivity index (χ3n) is 2.71. The Morgan fingerprint density at radius 3 is 2.84 bits per heavy atom. The maximum absolute atomic E-state index is 12.0. The van der Waals surface area contributed by atoms with Crippen molar-refractivity contribution in [3.63, 3.8) is 0 Å². The van der Waals surface area contributed by atoms with Crippen LogP contribution in [0.4, 0.5) is 5.69 Å². The number of hydrogen-bond donors (Lipinski definition) is 1. The van der Waals surface area contributed by atoms with Gasteiger partial charge in [-0.1, -0.05) is 6.92 Å². The van der Waals surface area contributed by atoms with Crippen molar-refractivity contribution < 1.29 is 9.53 Å². The van der Waals surface area contributed by atoms with Crippen LogP contribution in [0.15, 0.2) is 5.38 Å². The maximum atomic E-state index is 12.0. The molecule has 2 N–H and O–H groups in total. The molecule has 0 aromatic carbocycles. The molecule has 0 saturated heterocycles. The number of carbonyl (C=O) groups is 1. The minimum atomic E-state index is -0.474. The Kier molecular flexibility index (Phi) is 3.84. The summed E-state index contributed by atoms with van der Waals surface area (Å²) in [6, 6.07) is 0. The molecule has 102 valence electrons. The van der Waals surface area contributed by atoms with Crippen molar-refractivity contribution in [2.24, 2.45) is 7.05 Å². The van der Waals surface area contributed by atoms with Crippen molar-refractivity contribution in [3.8, 4) is 0 Å². The zero-order chi connectivity index (χ0) is 14.0. The van der Waals surface area contributed by atoms with E-state index in [1.807, 2.05) is 19.2 Å². The van der Waals surface area contributed by atoms with Crippen LogP contribution in [-0.4, -0.2) is 20.7 Å². The lowest BCUT2D eigenvalue weighted by atomic mass is 10.2. The molecular formula is C12H16N4O2S. The van der Waals surface area contributed by atoms with Gasteiger partial charge in [0.2, 0.25) is 0 Å². The van der Waals surface area contributed by atoms with Gasteiger partial charge in [-0.15, -0.1) is 11.3 Å². The highest BCUT2D eigenvalue weighted by Crippen LogP contribution is 2.18. The number of aromatic nitrogens is 3. The lowest BCUT2D eigenvalue weighted by Gasteiger charge is -2.04. The molecule has 6 nitrogen and oxygen atoms in total. The van der Waals surface area contributed by atoms with Gasteiger partial charge in [0.05, 0.1) is 22.1 Å². The van der Waals surface area contributed by atoms with Crippen LogP contribution in [0.2, 0.25) is 0 Å². The number of esters is 1. The SMILES string of the molecule is CCc1nn(C)c(C(=O)OCc2csc(C)n2)c1N. The zero-order valence-corrected chi connectivity index (χ0v) is 12.0. The molecule has 0 radical (unpaired) electrons. The third-order valence-corrected chi connectivity index (χ3v) is 3.53. The summed E-state index contributed by atoms with van der Waals surface area (Å²) in [4.78, 5) is 16.2. The molecule has 0 fully saturated rings. The highest BCUT2D eigenvalue weighted by molar-refractivity contribution is 7.09. The number of carbonyl (C=O) groups excluding carboxylic acids is 1.